The van der Waals surface area contributed by atoms with E-state index in [2.05, 4.69) is 17.4 Å². The van der Waals surface area contributed by atoms with Crippen LogP contribution in [0.15, 0.2) is 30.3 Å². The third kappa shape index (κ3) is 6.97. The molecular weight excluding hydrogens is 238 g/mol. The van der Waals surface area contributed by atoms with Crippen molar-refractivity contribution in [3.63, 3.8) is 0 Å². The Hall–Kier alpha value is -1.35. The summed E-state index contributed by atoms with van der Waals surface area (Å²) in [7, 11) is 0. The molecule has 0 atom stereocenters. The van der Waals surface area contributed by atoms with Crippen molar-refractivity contribution in [1.82, 2.24) is 5.32 Å². The normalized spacial score (nSPS) is 11.3. The molecule has 0 fully saturated rings. The highest BCUT2D eigenvalue weighted by Gasteiger charge is 2.17. The Balaban J connectivity index is 2.18. The van der Waals surface area contributed by atoms with Gasteiger partial charge in [0.25, 0.3) is 0 Å². The fourth-order valence-electron chi connectivity index (χ4n) is 1.92. The predicted molar refractivity (Wildman–Crippen MR) is 77.9 cm³/mol. The topological polar surface area (TPSA) is 49.3 Å². The molecule has 3 heteroatoms. The van der Waals surface area contributed by atoms with E-state index in [0.717, 1.165) is 12.8 Å². The summed E-state index contributed by atoms with van der Waals surface area (Å²) in [5, 5.41) is 11.9. The van der Waals surface area contributed by atoms with Crippen molar-refractivity contribution >= 4 is 5.91 Å². The number of carbonyl (C=O) groups excluding carboxylic acids is 1. The van der Waals surface area contributed by atoms with Crippen LogP contribution in [0, 0.1) is 5.41 Å². The van der Waals surface area contributed by atoms with Gasteiger partial charge in [-0.1, -0.05) is 44.2 Å². The van der Waals surface area contributed by atoms with Crippen molar-refractivity contribution in [2.75, 3.05) is 13.2 Å². The molecule has 0 aliphatic rings. The van der Waals surface area contributed by atoms with Gasteiger partial charge in [0.2, 0.25) is 5.91 Å². The molecule has 1 rings (SSSR count). The Bertz CT molecular complexity index is 374. The lowest BCUT2D eigenvalue weighted by molar-refractivity contribution is -0.121. The first-order chi connectivity index (χ1) is 9.03. The number of hydrogen-bond donors (Lipinski definition) is 2. The molecule has 3 nitrogen and oxygen atoms in total. The average molecular weight is 263 g/mol. The maximum atomic E-state index is 11.7. The van der Waals surface area contributed by atoms with Crippen LogP contribution in [-0.2, 0) is 11.2 Å². The first kappa shape index (κ1) is 15.7. The van der Waals surface area contributed by atoms with Gasteiger partial charge in [0.05, 0.1) is 0 Å². The van der Waals surface area contributed by atoms with Crippen molar-refractivity contribution < 1.29 is 9.90 Å². The van der Waals surface area contributed by atoms with E-state index in [1.165, 1.54) is 5.56 Å². The second kappa shape index (κ2) is 7.95. The molecule has 0 radical (unpaired) electrons. The van der Waals surface area contributed by atoms with Crippen LogP contribution in [0.5, 0.6) is 0 Å². The van der Waals surface area contributed by atoms with Crippen LogP contribution in [0.4, 0.5) is 0 Å². The molecule has 0 saturated carbocycles. The third-order valence-corrected chi connectivity index (χ3v) is 3.26. The SMILES string of the molecule is CC(C)(CCO)CNC(=O)CCCc1ccccc1. The summed E-state index contributed by atoms with van der Waals surface area (Å²) in [6.07, 6.45) is 3.08. The molecule has 0 heterocycles. The van der Waals surface area contributed by atoms with Gasteiger partial charge in [-0.3, -0.25) is 4.79 Å². The van der Waals surface area contributed by atoms with Crippen molar-refractivity contribution in [3.05, 3.63) is 35.9 Å². The minimum Gasteiger partial charge on any atom is -0.396 e. The van der Waals surface area contributed by atoms with E-state index in [-0.39, 0.29) is 17.9 Å². The molecule has 0 spiro atoms. The smallest absolute Gasteiger partial charge is 0.220 e. The lowest BCUT2D eigenvalue weighted by Crippen LogP contribution is -2.34. The maximum Gasteiger partial charge on any atom is 0.220 e. The van der Waals surface area contributed by atoms with Crippen LogP contribution in [-0.4, -0.2) is 24.2 Å². The minimum atomic E-state index is -0.0379. The molecule has 1 aromatic carbocycles. The molecule has 106 valence electrons. The zero-order valence-electron chi connectivity index (χ0n) is 12.0. The van der Waals surface area contributed by atoms with Crippen LogP contribution in [0.25, 0.3) is 0 Å². The monoisotopic (exact) mass is 263 g/mol. The Morgan fingerprint density at radius 2 is 1.95 bits per heavy atom. The van der Waals surface area contributed by atoms with E-state index >= 15 is 0 Å². The molecule has 2 N–H and O–H groups in total. The highest BCUT2D eigenvalue weighted by Crippen LogP contribution is 2.18. The van der Waals surface area contributed by atoms with Gasteiger partial charge < -0.3 is 10.4 Å². The molecule has 0 unspecified atom stereocenters. The fraction of sp³-hybridized carbons (Fsp3) is 0.562. The second-order valence-corrected chi connectivity index (χ2v) is 5.75. The van der Waals surface area contributed by atoms with Gasteiger partial charge in [-0.15, -0.1) is 0 Å². The molecule has 19 heavy (non-hydrogen) atoms. The number of carbonyl (C=O) groups is 1. The molecule has 0 aliphatic heterocycles. The van der Waals surface area contributed by atoms with Gasteiger partial charge in [-0.2, -0.15) is 0 Å². The maximum absolute atomic E-state index is 11.7. The van der Waals surface area contributed by atoms with Gasteiger partial charge in [0.1, 0.15) is 0 Å². The highest BCUT2D eigenvalue weighted by molar-refractivity contribution is 5.75. The van der Waals surface area contributed by atoms with Gasteiger partial charge >= 0.3 is 0 Å². The number of aryl methyl sites for hydroxylation is 1. The number of nitrogens with one attached hydrogen (secondary N) is 1. The predicted octanol–water partition coefficient (Wildman–Crippen LogP) is 2.53. The highest BCUT2D eigenvalue weighted by atomic mass is 16.3. The van der Waals surface area contributed by atoms with E-state index in [1.54, 1.807) is 0 Å². The summed E-state index contributed by atoms with van der Waals surface area (Å²) >= 11 is 0. The van der Waals surface area contributed by atoms with Crippen LogP contribution in [0.2, 0.25) is 0 Å². The lowest BCUT2D eigenvalue weighted by atomic mass is 9.90. The molecule has 1 aromatic rings. The number of rotatable bonds is 8. The summed E-state index contributed by atoms with van der Waals surface area (Å²) < 4.78 is 0. The summed E-state index contributed by atoms with van der Waals surface area (Å²) in [6.45, 7) is 4.88. The van der Waals surface area contributed by atoms with Crippen molar-refractivity contribution in [3.8, 4) is 0 Å². The Morgan fingerprint density at radius 3 is 2.58 bits per heavy atom. The van der Waals surface area contributed by atoms with E-state index in [1.807, 2.05) is 32.0 Å². The van der Waals surface area contributed by atoms with E-state index in [9.17, 15) is 4.79 Å². The molecular formula is C16H25NO2. The number of aliphatic hydroxyl groups excluding tert-OH is 1. The number of benzene rings is 1. The standard InChI is InChI=1S/C16H25NO2/c1-16(2,11-12-18)13-17-15(19)10-6-9-14-7-4-3-5-8-14/h3-5,7-8,18H,6,9-13H2,1-2H3,(H,17,19). The van der Waals surface area contributed by atoms with Gasteiger partial charge in [-0.05, 0) is 30.2 Å². The zero-order chi connectivity index (χ0) is 14.1. The Labute approximate surface area is 116 Å². The molecule has 0 aliphatic carbocycles. The average Bonchev–Trinajstić information content (AvgIpc) is 2.38. The number of aliphatic hydroxyl groups is 1. The Morgan fingerprint density at radius 1 is 1.26 bits per heavy atom. The molecule has 1 amide bonds. The quantitative estimate of drug-likeness (QED) is 0.757. The van der Waals surface area contributed by atoms with Crippen LogP contribution in [0.3, 0.4) is 0 Å². The zero-order valence-corrected chi connectivity index (χ0v) is 12.0. The summed E-state index contributed by atoms with van der Waals surface area (Å²) in [6, 6.07) is 10.2. The lowest BCUT2D eigenvalue weighted by Gasteiger charge is -2.23. The number of hydrogen-bond acceptors (Lipinski definition) is 2. The van der Waals surface area contributed by atoms with Gasteiger partial charge in [-0.25, -0.2) is 0 Å². The van der Waals surface area contributed by atoms with Crippen LogP contribution < -0.4 is 5.32 Å². The van der Waals surface area contributed by atoms with Crippen molar-refractivity contribution in [2.45, 2.75) is 39.5 Å². The van der Waals surface area contributed by atoms with Crippen LogP contribution >= 0.6 is 0 Å². The first-order valence-corrected chi connectivity index (χ1v) is 6.95. The van der Waals surface area contributed by atoms with E-state index < -0.39 is 0 Å². The fourth-order valence-corrected chi connectivity index (χ4v) is 1.92. The molecule has 0 aromatic heterocycles. The minimum absolute atomic E-state index is 0.0379. The van der Waals surface area contributed by atoms with Crippen molar-refractivity contribution in [2.24, 2.45) is 5.41 Å². The first-order valence-electron chi connectivity index (χ1n) is 6.95. The largest absolute Gasteiger partial charge is 0.396 e. The summed E-state index contributed by atoms with van der Waals surface area (Å²) in [5.41, 5.74) is 1.24. The van der Waals surface area contributed by atoms with E-state index in [0.29, 0.717) is 19.4 Å². The van der Waals surface area contributed by atoms with Crippen LogP contribution in [0.1, 0.15) is 38.7 Å². The second-order valence-electron chi connectivity index (χ2n) is 5.75. The van der Waals surface area contributed by atoms with Gasteiger partial charge in [0, 0.05) is 19.6 Å². The van der Waals surface area contributed by atoms with E-state index in [4.69, 9.17) is 5.11 Å². The molecule has 0 saturated heterocycles. The number of amides is 1. The molecule has 0 bridgehead atoms. The van der Waals surface area contributed by atoms with Crippen molar-refractivity contribution in [1.29, 1.82) is 0 Å². The van der Waals surface area contributed by atoms with Gasteiger partial charge in [0.15, 0.2) is 0 Å². The summed E-state index contributed by atoms with van der Waals surface area (Å²) in [5.74, 6) is 0.0990. The third-order valence-electron chi connectivity index (χ3n) is 3.26. The summed E-state index contributed by atoms with van der Waals surface area (Å²) in [4.78, 5) is 11.7. The Kier molecular flexibility index (Phi) is 6.57.